The average molecular weight is 554 g/mol. The van der Waals surface area contributed by atoms with Crippen LogP contribution in [0.5, 0.6) is 0 Å². The molecule has 2 aliphatic heterocycles. The maximum Gasteiger partial charge on any atom is 0.418 e. The highest BCUT2D eigenvalue weighted by molar-refractivity contribution is 5.75. The van der Waals surface area contributed by atoms with E-state index in [9.17, 15) is 22.8 Å². The van der Waals surface area contributed by atoms with Crippen molar-refractivity contribution >= 4 is 17.9 Å². The van der Waals surface area contributed by atoms with Crippen LogP contribution in [-0.2, 0) is 12.7 Å². The van der Waals surface area contributed by atoms with Gasteiger partial charge in [-0.05, 0) is 59.6 Å². The van der Waals surface area contributed by atoms with Crippen LogP contribution in [-0.4, -0.2) is 62.9 Å². The minimum atomic E-state index is -4.69. The molecule has 209 valence electrons. The number of carbonyl (C=O) groups excluding carboxylic acids is 1. The van der Waals surface area contributed by atoms with E-state index in [2.05, 4.69) is 10.2 Å². The molecule has 1 atom stereocenters. The van der Waals surface area contributed by atoms with Crippen molar-refractivity contribution in [2.45, 2.75) is 44.3 Å². The fourth-order valence-corrected chi connectivity index (χ4v) is 5.89. The molecule has 0 unspecified atom stereocenters. The van der Waals surface area contributed by atoms with E-state index in [0.29, 0.717) is 24.7 Å². The van der Waals surface area contributed by atoms with E-state index in [1.165, 1.54) is 21.9 Å². The second kappa shape index (κ2) is 9.90. The fourth-order valence-electron chi connectivity index (χ4n) is 5.89. The summed E-state index contributed by atoms with van der Waals surface area (Å²) in [6.45, 7) is 1.02. The van der Waals surface area contributed by atoms with Crippen molar-refractivity contribution in [1.29, 1.82) is 0 Å². The summed E-state index contributed by atoms with van der Waals surface area (Å²) in [5, 5.41) is 8.39. The first-order valence-electron chi connectivity index (χ1n) is 13.4. The number of halogens is 3. The van der Waals surface area contributed by atoms with Crippen LogP contribution in [0.4, 0.5) is 18.0 Å². The molecule has 40 heavy (non-hydrogen) atoms. The van der Waals surface area contributed by atoms with Crippen molar-refractivity contribution in [3.63, 3.8) is 0 Å². The van der Waals surface area contributed by atoms with E-state index in [0.717, 1.165) is 47.9 Å². The van der Waals surface area contributed by atoms with Crippen molar-refractivity contribution < 1.29 is 22.5 Å². The fraction of sp³-hybridized carbons (Fsp3) is 0.429. The summed E-state index contributed by atoms with van der Waals surface area (Å²) in [7, 11) is 3.55. The van der Waals surface area contributed by atoms with Crippen LogP contribution in [0.3, 0.4) is 0 Å². The summed E-state index contributed by atoms with van der Waals surface area (Å²) >= 11 is 0. The third-order valence-electron chi connectivity index (χ3n) is 8.17. The Morgan fingerprint density at radius 1 is 1.10 bits per heavy atom. The van der Waals surface area contributed by atoms with Crippen LogP contribution in [0.1, 0.15) is 48.3 Å². The molecule has 4 heterocycles. The molecule has 1 aliphatic carbocycles. The largest absolute Gasteiger partial charge is 0.418 e. The maximum atomic E-state index is 14.2. The number of pyridine rings is 1. The Morgan fingerprint density at radius 2 is 1.90 bits per heavy atom. The quantitative estimate of drug-likeness (QED) is 0.408. The molecule has 3 aromatic rings. The summed E-state index contributed by atoms with van der Waals surface area (Å²) in [5.74, 6) is 0.338. The zero-order valence-corrected chi connectivity index (χ0v) is 22.3. The molecule has 0 bridgehead atoms. The van der Waals surface area contributed by atoms with E-state index in [-0.39, 0.29) is 29.6 Å². The van der Waals surface area contributed by atoms with Gasteiger partial charge in [0.1, 0.15) is 0 Å². The molecular weight excluding hydrogens is 523 g/mol. The van der Waals surface area contributed by atoms with Gasteiger partial charge in [-0.25, -0.2) is 14.2 Å². The van der Waals surface area contributed by atoms with Crippen LogP contribution < -0.4 is 5.69 Å². The Kier molecular flexibility index (Phi) is 6.50. The lowest BCUT2D eigenvalue weighted by Crippen LogP contribution is -2.46. The van der Waals surface area contributed by atoms with E-state index in [1.54, 1.807) is 24.4 Å². The number of aromatic nitrogens is 2. The summed E-state index contributed by atoms with van der Waals surface area (Å²) < 4.78 is 46.9. The van der Waals surface area contributed by atoms with Crippen molar-refractivity contribution in [2.75, 3.05) is 27.2 Å². The van der Waals surface area contributed by atoms with Crippen LogP contribution in [0.15, 0.2) is 57.7 Å². The molecule has 0 spiro atoms. The van der Waals surface area contributed by atoms with Gasteiger partial charge in [0.15, 0.2) is 0 Å². The molecule has 12 heteroatoms. The van der Waals surface area contributed by atoms with Crippen LogP contribution in [0.2, 0.25) is 0 Å². The van der Waals surface area contributed by atoms with Crippen LogP contribution in [0, 0.1) is 12.1 Å². The molecule has 1 saturated heterocycles. The Labute approximate surface area is 228 Å². The summed E-state index contributed by atoms with van der Waals surface area (Å²) in [5.41, 5.74) is -0.117. The van der Waals surface area contributed by atoms with Gasteiger partial charge in [0.25, 0.3) is 0 Å². The SMILES string of the molecule is CN1CCCN(Cc2cc(C(F)(F)F)c3cn(-c4cccc([C@H]([C]5N=NC=[N+]5C)C5CCC5)c4)c(=O)n3c2)C1=O. The zero-order valence-electron chi connectivity index (χ0n) is 22.3. The van der Waals surface area contributed by atoms with Crippen molar-refractivity contribution in [3.8, 4) is 5.69 Å². The Hall–Kier alpha value is -3.96. The molecule has 2 fully saturated rings. The van der Waals surface area contributed by atoms with Gasteiger partial charge >= 0.3 is 30.4 Å². The molecule has 2 aromatic heterocycles. The Balaban J connectivity index is 1.42. The molecular formula is C28H30F3N7O2+. The maximum absolute atomic E-state index is 14.2. The first kappa shape index (κ1) is 26.3. The number of benzene rings is 1. The average Bonchev–Trinajstić information content (AvgIpc) is 3.46. The predicted molar refractivity (Wildman–Crippen MR) is 141 cm³/mol. The zero-order chi connectivity index (χ0) is 28.2. The number of hydrogen-bond acceptors (Lipinski definition) is 4. The minimum absolute atomic E-state index is 0.0178. The molecule has 1 saturated carbocycles. The van der Waals surface area contributed by atoms with Crippen molar-refractivity contribution in [2.24, 2.45) is 16.1 Å². The molecule has 1 aromatic carbocycles. The van der Waals surface area contributed by atoms with Crippen molar-refractivity contribution in [1.82, 2.24) is 18.8 Å². The second-order valence-electron chi connectivity index (χ2n) is 10.8. The molecule has 0 N–H and O–H groups in total. The Bertz CT molecular complexity index is 1580. The molecule has 1 radical (unpaired) electrons. The van der Waals surface area contributed by atoms with Gasteiger partial charge in [0.05, 0.1) is 34.8 Å². The minimum Gasteiger partial charge on any atom is -0.328 e. The number of nitrogens with zero attached hydrogens (tertiary/aromatic N) is 7. The number of urea groups is 1. The Morgan fingerprint density at radius 3 is 2.58 bits per heavy atom. The summed E-state index contributed by atoms with van der Waals surface area (Å²) in [6.07, 6.45) is 4.38. The van der Waals surface area contributed by atoms with Gasteiger partial charge in [-0.2, -0.15) is 13.2 Å². The van der Waals surface area contributed by atoms with Gasteiger partial charge in [-0.3, -0.25) is 8.97 Å². The number of likely N-dealkylation sites (N-methyl/N-ethyl adjacent to an activating group) is 1. The molecule has 2 amide bonds. The number of alkyl halides is 3. The third kappa shape index (κ3) is 4.58. The number of imidazole rings is 1. The van der Waals surface area contributed by atoms with Crippen LogP contribution >= 0.6 is 0 Å². The lowest BCUT2D eigenvalue weighted by atomic mass is 9.71. The standard InChI is InChI=1S/C28H30F3N7O2/c1-34-10-5-11-36(26(34)39)14-18-12-22(28(29,30)31)23-16-37(27(40)38(23)15-18)21-9-4-8-20(13-21)24(19-6-3-7-19)25-33-32-17-35(25)2/h4,8-9,12-13,15-17,19,24H,3,5-7,10-11,14H2,1-2H3/q+1/t24-/m1/s1. The van der Waals surface area contributed by atoms with Gasteiger partial charge < -0.3 is 9.80 Å². The van der Waals surface area contributed by atoms with E-state index in [1.807, 2.05) is 29.8 Å². The molecule has 9 nitrogen and oxygen atoms in total. The highest BCUT2D eigenvalue weighted by Crippen LogP contribution is 2.46. The van der Waals surface area contributed by atoms with E-state index >= 15 is 0 Å². The van der Waals surface area contributed by atoms with Crippen molar-refractivity contribution in [3.05, 3.63) is 76.1 Å². The van der Waals surface area contributed by atoms with E-state index < -0.39 is 17.4 Å². The van der Waals surface area contributed by atoms with Gasteiger partial charge in [0, 0.05) is 39.1 Å². The first-order chi connectivity index (χ1) is 19.1. The number of amides is 2. The summed E-state index contributed by atoms with van der Waals surface area (Å²) in [4.78, 5) is 29.2. The number of hydrogen-bond donors (Lipinski definition) is 0. The number of fused-ring (bicyclic) bond motifs is 1. The molecule has 6 rings (SSSR count). The predicted octanol–water partition coefficient (Wildman–Crippen LogP) is 4.88. The monoisotopic (exact) mass is 553 g/mol. The smallest absolute Gasteiger partial charge is 0.328 e. The van der Waals surface area contributed by atoms with Crippen LogP contribution in [0.25, 0.3) is 11.2 Å². The highest BCUT2D eigenvalue weighted by Gasteiger charge is 2.42. The third-order valence-corrected chi connectivity index (χ3v) is 8.17. The number of carbonyl (C=O) groups is 1. The first-order valence-corrected chi connectivity index (χ1v) is 13.4. The normalized spacial score (nSPS) is 19.4. The lowest BCUT2D eigenvalue weighted by molar-refractivity contribution is -0.480. The van der Waals surface area contributed by atoms with Gasteiger partial charge in [-0.15, -0.1) is 0 Å². The van der Waals surface area contributed by atoms with Gasteiger partial charge in [0.2, 0.25) is 0 Å². The number of azo groups is 1. The van der Waals surface area contributed by atoms with E-state index in [4.69, 9.17) is 0 Å². The highest BCUT2D eigenvalue weighted by atomic mass is 19.4. The second-order valence-corrected chi connectivity index (χ2v) is 10.8. The molecule has 3 aliphatic rings. The lowest BCUT2D eigenvalue weighted by Gasteiger charge is -2.34. The summed E-state index contributed by atoms with van der Waals surface area (Å²) in [6, 6.07) is 8.15. The topological polar surface area (TPSA) is 77.7 Å². The van der Waals surface area contributed by atoms with Gasteiger partial charge in [-0.1, -0.05) is 18.6 Å². The number of rotatable bonds is 6.